The fourth-order valence-electron chi connectivity index (χ4n) is 3.97. The molecule has 3 aromatic rings. The summed E-state index contributed by atoms with van der Waals surface area (Å²) in [6.45, 7) is 5.26. The number of piperazine rings is 1. The lowest BCUT2D eigenvalue weighted by Crippen LogP contribution is -2.51. The van der Waals surface area contributed by atoms with Crippen molar-refractivity contribution in [2.24, 2.45) is 0 Å². The quantitative estimate of drug-likeness (QED) is 0.556. The maximum absolute atomic E-state index is 12.9. The largest absolute Gasteiger partial charge is 0.452 e. The Labute approximate surface area is 190 Å². The van der Waals surface area contributed by atoms with Crippen molar-refractivity contribution in [2.45, 2.75) is 20.3 Å². The van der Waals surface area contributed by atoms with Crippen molar-refractivity contribution in [3.63, 3.8) is 0 Å². The second-order valence-electron chi connectivity index (χ2n) is 7.66. The minimum absolute atomic E-state index is 0.00935. The molecule has 0 atom stereocenters. The molecule has 1 aliphatic rings. The number of aromatic nitrogens is 1. The third-order valence-electron chi connectivity index (χ3n) is 5.74. The lowest BCUT2D eigenvalue weighted by Gasteiger charge is -2.34. The molecule has 0 N–H and O–H groups in total. The first-order valence-electron chi connectivity index (χ1n) is 10.7. The van der Waals surface area contributed by atoms with E-state index >= 15 is 0 Å². The van der Waals surface area contributed by atoms with E-state index in [4.69, 9.17) is 4.74 Å². The number of nitrogens with zero attached hydrogens (tertiary/aromatic N) is 3. The summed E-state index contributed by atoms with van der Waals surface area (Å²) in [7, 11) is 0. The molecule has 32 heavy (non-hydrogen) atoms. The van der Waals surface area contributed by atoms with Crippen molar-refractivity contribution in [2.75, 3.05) is 32.8 Å². The van der Waals surface area contributed by atoms with Gasteiger partial charge in [0.1, 0.15) is 0 Å². The van der Waals surface area contributed by atoms with E-state index in [0.29, 0.717) is 48.7 Å². The number of rotatable bonds is 5. The lowest BCUT2D eigenvalue weighted by atomic mass is 10.0. The number of thiophene rings is 1. The molecule has 8 heteroatoms. The number of para-hydroxylation sites is 1. The number of amides is 2. The molecule has 166 valence electrons. The minimum atomic E-state index is -0.530. The first kappa shape index (κ1) is 22.0. The number of esters is 1. The van der Waals surface area contributed by atoms with E-state index in [9.17, 15) is 14.4 Å². The number of benzene rings is 1. The highest BCUT2D eigenvalue weighted by molar-refractivity contribution is 7.12. The highest BCUT2D eigenvalue weighted by Gasteiger charge is 2.26. The van der Waals surface area contributed by atoms with Gasteiger partial charge in [-0.1, -0.05) is 31.2 Å². The summed E-state index contributed by atoms with van der Waals surface area (Å²) in [5.41, 5.74) is 2.75. The molecule has 1 fully saturated rings. The zero-order chi connectivity index (χ0) is 22.7. The Morgan fingerprint density at radius 1 is 1.03 bits per heavy atom. The molecule has 2 aromatic heterocycles. The van der Waals surface area contributed by atoms with Gasteiger partial charge in [0.15, 0.2) is 6.61 Å². The Hall–Kier alpha value is -3.26. The average molecular weight is 452 g/mol. The molecule has 0 radical (unpaired) electrons. The minimum Gasteiger partial charge on any atom is -0.452 e. The lowest BCUT2D eigenvalue weighted by molar-refractivity contribution is -0.136. The van der Waals surface area contributed by atoms with Gasteiger partial charge in [0.2, 0.25) is 0 Å². The van der Waals surface area contributed by atoms with Gasteiger partial charge in [-0.2, -0.15) is 0 Å². The second-order valence-corrected chi connectivity index (χ2v) is 8.60. The van der Waals surface area contributed by atoms with Gasteiger partial charge in [-0.3, -0.25) is 14.6 Å². The molecule has 0 saturated carbocycles. The van der Waals surface area contributed by atoms with Gasteiger partial charge in [-0.05, 0) is 36.4 Å². The molecule has 1 aromatic carbocycles. The van der Waals surface area contributed by atoms with Gasteiger partial charge >= 0.3 is 5.97 Å². The molecule has 2 amide bonds. The van der Waals surface area contributed by atoms with E-state index in [-0.39, 0.29) is 18.4 Å². The summed E-state index contributed by atoms with van der Waals surface area (Å²) in [5, 5.41) is 2.77. The van der Waals surface area contributed by atoms with E-state index < -0.39 is 5.97 Å². The van der Waals surface area contributed by atoms with Gasteiger partial charge in [0.25, 0.3) is 11.8 Å². The molecular weight excluding hydrogens is 426 g/mol. The van der Waals surface area contributed by atoms with Crippen LogP contribution in [0, 0.1) is 6.92 Å². The molecule has 3 heterocycles. The van der Waals surface area contributed by atoms with E-state index in [1.165, 1.54) is 11.3 Å². The maximum Gasteiger partial charge on any atom is 0.340 e. The highest BCUT2D eigenvalue weighted by atomic mass is 32.1. The Balaban J connectivity index is 1.37. The summed E-state index contributed by atoms with van der Waals surface area (Å²) >= 11 is 1.41. The number of carbonyl (C=O) groups is 3. The Morgan fingerprint density at radius 3 is 2.44 bits per heavy atom. The summed E-state index contributed by atoms with van der Waals surface area (Å²) in [4.78, 5) is 46.6. The predicted octanol–water partition coefficient (Wildman–Crippen LogP) is 3.31. The van der Waals surface area contributed by atoms with Crippen molar-refractivity contribution in [3.05, 3.63) is 63.5 Å². The van der Waals surface area contributed by atoms with Gasteiger partial charge in [0.05, 0.1) is 21.7 Å². The van der Waals surface area contributed by atoms with Gasteiger partial charge in [-0.25, -0.2) is 4.79 Å². The first-order valence-corrected chi connectivity index (χ1v) is 11.5. The monoisotopic (exact) mass is 451 g/mol. The number of fused-ring (bicyclic) bond motifs is 1. The van der Waals surface area contributed by atoms with Crippen molar-refractivity contribution < 1.29 is 19.1 Å². The molecule has 0 spiro atoms. The zero-order valence-electron chi connectivity index (χ0n) is 18.2. The van der Waals surface area contributed by atoms with Crippen LogP contribution in [0.5, 0.6) is 0 Å². The summed E-state index contributed by atoms with van der Waals surface area (Å²) in [6.07, 6.45) is 0.588. The molecule has 1 saturated heterocycles. The van der Waals surface area contributed by atoms with Crippen molar-refractivity contribution in [3.8, 4) is 0 Å². The van der Waals surface area contributed by atoms with E-state index in [2.05, 4.69) is 4.98 Å². The summed E-state index contributed by atoms with van der Waals surface area (Å²) in [5.74, 6) is -0.798. The predicted molar refractivity (Wildman–Crippen MR) is 123 cm³/mol. The normalized spacial score (nSPS) is 13.9. The Morgan fingerprint density at radius 2 is 1.75 bits per heavy atom. The van der Waals surface area contributed by atoms with E-state index in [0.717, 1.165) is 16.5 Å². The van der Waals surface area contributed by atoms with Gasteiger partial charge in [0, 0.05) is 31.6 Å². The van der Waals surface area contributed by atoms with Crippen LogP contribution in [0.2, 0.25) is 0 Å². The molecule has 0 bridgehead atoms. The smallest absolute Gasteiger partial charge is 0.340 e. The highest BCUT2D eigenvalue weighted by Crippen LogP contribution is 2.24. The number of hydrogen-bond acceptors (Lipinski definition) is 6. The topological polar surface area (TPSA) is 79.8 Å². The molecule has 0 unspecified atom stereocenters. The van der Waals surface area contributed by atoms with Crippen molar-refractivity contribution in [1.29, 1.82) is 0 Å². The van der Waals surface area contributed by atoms with Crippen LogP contribution in [0.15, 0.2) is 41.8 Å². The van der Waals surface area contributed by atoms with Crippen LogP contribution in [0.4, 0.5) is 0 Å². The van der Waals surface area contributed by atoms with Crippen molar-refractivity contribution in [1.82, 2.24) is 14.8 Å². The maximum atomic E-state index is 12.9. The first-order chi connectivity index (χ1) is 15.5. The Kier molecular flexibility index (Phi) is 6.50. The van der Waals surface area contributed by atoms with Crippen LogP contribution in [0.3, 0.4) is 0 Å². The van der Waals surface area contributed by atoms with E-state index in [1.54, 1.807) is 15.9 Å². The third-order valence-corrected chi connectivity index (χ3v) is 6.60. The standard InChI is InChI=1S/C24H25N3O4S/c1-3-18-22(16(2)17-7-4-5-8-19(17)25-18)24(30)31-15-21(28)26-10-12-27(13-11-26)23(29)20-9-6-14-32-20/h4-9,14H,3,10-13,15H2,1-2H3. The fraction of sp³-hybridized carbons (Fsp3) is 0.333. The molecule has 7 nitrogen and oxygen atoms in total. The number of ether oxygens (including phenoxy) is 1. The molecule has 1 aliphatic heterocycles. The molecule has 4 rings (SSSR count). The third kappa shape index (κ3) is 4.36. The second kappa shape index (κ2) is 9.48. The van der Waals surface area contributed by atoms with Crippen LogP contribution in [-0.2, 0) is 16.0 Å². The molecular formula is C24H25N3O4S. The molecule has 0 aliphatic carbocycles. The number of carbonyl (C=O) groups excluding carboxylic acids is 3. The number of hydrogen-bond donors (Lipinski definition) is 0. The number of aryl methyl sites for hydroxylation is 2. The van der Waals surface area contributed by atoms with Crippen LogP contribution in [0.25, 0.3) is 10.9 Å². The average Bonchev–Trinajstić information content (AvgIpc) is 3.37. The number of pyridine rings is 1. The Bertz CT molecular complexity index is 1150. The summed E-state index contributed by atoms with van der Waals surface area (Å²) in [6, 6.07) is 11.3. The van der Waals surface area contributed by atoms with Crippen LogP contribution >= 0.6 is 11.3 Å². The fourth-order valence-corrected chi connectivity index (χ4v) is 4.66. The van der Waals surface area contributed by atoms with Gasteiger partial charge in [-0.15, -0.1) is 11.3 Å². The van der Waals surface area contributed by atoms with Crippen LogP contribution in [0.1, 0.15) is 38.2 Å². The summed E-state index contributed by atoms with van der Waals surface area (Å²) < 4.78 is 5.40. The van der Waals surface area contributed by atoms with Crippen LogP contribution < -0.4 is 0 Å². The SMILES string of the molecule is CCc1nc2ccccc2c(C)c1C(=O)OCC(=O)N1CCN(C(=O)c2cccs2)CC1. The van der Waals surface area contributed by atoms with Crippen molar-refractivity contribution >= 4 is 40.0 Å². The van der Waals surface area contributed by atoms with E-state index in [1.807, 2.05) is 49.6 Å². The van der Waals surface area contributed by atoms with Gasteiger partial charge < -0.3 is 14.5 Å². The zero-order valence-corrected chi connectivity index (χ0v) is 19.0. The van der Waals surface area contributed by atoms with Crippen LogP contribution in [-0.4, -0.2) is 65.4 Å².